The van der Waals surface area contributed by atoms with Crippen molar-refractivity contribution < 1.29 is 9.47 Å². The van der Waals surface area contributed by atoms with E-state index in [1.807, 2.05) is 0 Å². The standard InChI is InChI=1S/C44H80O2/c1-4-7-9-11-13-15-17-19-21-23-25-27-29-31-33-35-39-45-43-38-37-42(6-3)41-44(43)46-40-36-34-32-30-28-26-24-22-20-18-16-14-12-10-8-5-2/h13-16,19-22,42-44H,4-12,17-18,23-41H2,1-3H3/b15-13-,16-14-,21-19-,22-20-/t42-,43-,44+/m1/s1. The molecule has 1 rings (SSSR count). The molecule has 0 heterocycles. The topological polar surface area (TPSA) is 18.5 Å². The summed E-state index contributed by atoms with van der Waals surface area (Å²) in [6.45, 7) is 8.72. The van der Waals surface area contributed by atoms with Gasteiger partial charge in [-0.3, -0.25) is 0 Å². The Bertz CT molecular complexity index is 719. The van der Waals surface area contributed by atoms with Crippen LogP contribution >= 0.6 is 0 Å². The first-order valence-electron chi connectivity index (χ1n) is 20.6. The van der Waals surface area contributed by atoms with E-state index in [2.05, 4.69) is 69.4 Å². The third kappa shape index (κ3) is 27.9. The van der Waals surface area contributed by atoms with Gasteiger partial charge >= 0.3 is 0 Å². The molecule has 0 aromatic heterocycles. The lowest BCUT2D eigenvalue weighted by Crippen LogP contribution is -2.38. The van der Waals surface area contributed by atoms with E-state index in [0.717, 1.165) is 32.0 Å². The first-order valence-corrected chi connectivity index (χ1v) is 20.6. The predicted molar refractivity (Wildman–Crippen MR) is 206 cm³/mol. The third-order valence-electron chi connectivity index (χ3n) is 9.77. The van der Waals surface area contributed by atoms with Crippen LogP contribution in [0.2, 0.25) is 0 Å². The molecule has 0 spiro atoms. The third-order valence-corrected chi connectivity index (χ3v) is 9.77. The summed E-state index contributed by atoms with van der Waals surface area (Å²) in [5.74, 6) is 0.822. The summed E-state index contributed by atoms with van der Waals surface area (Å²) in [4.78, 5) is 0. The highest BCUT2D eigenvalue weighted by Crippen LogP contribution is 2.31. The highest BCUT2D eigenvalue weighted by atomic mass is 16.5. The number of allylic oxidation sites excluding steroid dienone is 8. The van der Waals surface area contributed by atoms with Gasteiger partial charge in [0.1, 0.15) is 0 Å². The quantitative estimate of drug-likeness (QED) is 0.0525. The molecule has 268 valence electrons. The number of hydrogen-bond acceptors (Lipinski definition) is 2. The van der Waals surface area contributed by atoms with Crippen LogP contribution in [0.3, 0.4) is 0 Å². The van der Waals surface area contributed by atoms with Crippen LogP contribution in [0.1, 0.15) is 201 Å². The van der Waals surface area contributed by atoms with E-state index < -0.39 is 0 Å². The molecule has 0 aliphatic heterocycles. The summed E-state index contributed by atoms with van der Waals surface area (Å²) < 4.78 is 12.9. The summed E-state index contributed by atoms with van der Waals surface area (Å²) in [5, 5.41) is 0. The lowest BCUT2D eigenvalue weighted by molar-refractivity contribution is -0.104. The molecule has 0 unspecified atom stereocenters. The van der Waals surface area contributed by atoms with E-state index in [0.29, 0.717) is 12.2 Å². The highest BCUT2D eigenvalue weighted by Gasteiger charge is 2.31. The van der Waals surface area contributed by atoms with E-state index in [-0.39, 0.29) is 0 Å². The summed E-state index contributed by atoms with van der Waals surface area (Å²) in [7, 11) is 0. The number of unbranched alkanes of at least 4 members (excludes halogenated alkanes) is 18. The lowest BCUT2D eigenvalue weighted by Gasteiger charge is -2.35. The summed E-state index contributed by atoms with van der Waals surface area (Å²) >= 11 is 0. The van der Waals surface area contributed by atoms with Gasteiger partial charge in [-0.15, -0.1) is 0 Å². The van der Waals surface area contributed by atoms with Gasteiger partial charge in [-0.25, -0.2) is 0 Å². The van der Waals surface area contributed by atoms with Crippen molar-refractivity contribution in [2.75, 3.05) is 13.2 Å². The van der Waals surface area contributed by atoms with Gasteiger partial charge in [0.2, 0.25) is 0 Å². The average Bonchev–Trinajstić information content (AvgIpc) is 3.07. The van der Waals surface area contributed by atoms with Gasteiger partial charge in [0, 0.05) is 13.2 Å². The lowest BCUT2D eigenvalue weighted by atomic mass is 9.83. The Hall–Kier alpha value is -1.12. The number of ether oxygens (including phenoxy) is 2. The minimum Gasteiger partial charge on any atom is -0.376 e. The first kappa shape index (κ1) is 42.9. The molecule has 1 fully saturated rings. The number of rotatable bonds is 33. The largest absolute Gasteiger partial charge is 0.376 e. The first-order chi connectivity index (χ1) is 22.8. The van der Waals surface area contributed by atoms with Gasteiger partial charge in [0.05, 0.1) is 12.2 Å². The molecule has 0 aromatic carbocycles. The van der Waals surface area contributed by atoms with Gasteiger partial charge < -0.3 is 9.47 Å². The van der Waals surface area contributed by atoms with Crippen molar-refractivity contribution >= 4 is 0 Å². The Balaban J connectivity index is 2.00. The van der Waals surface area contributed by atoms with E-state index in [9.17, 15) is 0 Å². The Morgan fingerprint density at radius 1 is 0.413 bits per heavy atom. The van der Waals surface area contributed by atoms with Crippen LogP contribution in [0.5, 0.6) is 0 Å². The molecule has 0 saturated heterocycles. The molecular formula is C44H80O2. The van der Waals surface area contributed by atoms with Crippen molar-refractivity contribution in [3.8, 4) is 0 Å². The van der Waals surface area contributed by atoms with Crippen molar-refractivity contribution in [3.05, 3.63) is 48.6 Å². The second-order valence-electron chi connectivity index (χ2n) is 14.1. The van der Waals surface area contributed by atoms with Gasteiger partial charge in [-0.2, -0.15) is 0 Å². The molecule has 0 N–H and O–H groups in total. The Morgan fingerprint density at radius 2 is 0.804 bits per heavy atom. The fourth-order valence-electron chi connectivity index (χ4n) is 6.57. The Labute approximate surface area is 289 Å². The fourth-order valence-corrected chi connectivity index (χ4v) is 6.57. The van der Waals surface area contributed by atoms with Crippen LogP contribution in [0, 0.1) is 5.92 Å². The second kappa shape index (κ2) is 35.2. The summed E-state index contributed by atoms with van der Waals surface area (Å²) in [6, 6.07) is 0. The molecule has 0 radical (unpaired) electrons. The molecule has 2 nitrogen and oxygen atoms in total. The van der Waals surface area contributed by atoms with E-state index in [1.54, 1.807) is 0 Å². The zero-order valence-electron chi connectivity index (χ0n) is 31.4. The van der Waals surface area contributed by atoms with Crippen LogP contribution in [0.25, 0.3) is 0 Å². The monoisotopic (exact) mass is 641 g/mol. The Morgan fingerprint density at radius 3 is 1.24 bits per heavy atom. The molecule has 1 aliphatic rings. The molecule has 3 atom stereocenters. The molecule has 0 amide bonds. The maximum atomic E-state index is 6.48. The summed E-state index contributed by atoms with van der Waals surface area (Å²) in [5.41, 5.74) is 0. The molecule has 1 saturated carbocycles. The van der Waals surface area contributed by atoms with Crippen molar-refractivity contribution in [2.45, 2.75) is 213 Å². The van der Waals surface area contributed by atoms with Crippen LogP contribution in [-0.2, 0) is 9.47 Å². The smallest absolute Gasteiger partial charge is 0.0839 e. The molecule has 46 heavy (non-hydrogen) atoms. The van der Waals surface area contributed by atoms with Crippen molar-refractivity contribution in [2.24, 2.45) is 5.92 Å². The van der Waals surface area contributed by atoms with Gasteiger partial charge in [-0.1, -0.05) is 153 Å². The maximum Gasteiger partial charge on any atom is 0.0839 e. The Kier molecular flexibility index (Phi) is 32.8. The molecular weight excluding hydrogens is 560 g/mol. The second-order valence-corrected chi connectivity index (χ2v) is 14.1. The van der Waals surface area contributed by atoms with Crippen LogP contribution in [0.15, 0.2) is 48.6 Å². The normalized spacial score (nSPS) is 19.2. The van der Waals surface area contributed by atoms with Crippen molar-refractivity contribution in [3.63, 3.8) is 0 Å². The zero-order chi connectivity index (χ0) is 33.0. The average molecular weight is 641 g/mol. The van der Waals surface area contributed by atoms with Gasteiger partial charge in [0.25, 0.3) is 0 Å². The van der Waals surface area contributed by atoms with Crippen LogP contribution in [-0.4, -0.2) is 25.4 Å². The zero-order valence-corrected chi connectivity index (χ0v) is 31.4. The molecule has 2 heteroatoms. The SMILES string of the molecule is CCCCC/C=C\C/C=C\CCCCCCCCO[C@H]1C[C@H](CC)CC[C@H]1OCCCCCCCC/C=C\C/C=C\CCCCC. The van der Waals surface area contributed by atoms with Crippen LogP contribution in [0.4, 0.5) is 0 Å². The maximum absolute atomic E-state index is 6.48. The highest BCUT2D eigenvalue weighted by molar-refractivity contribution is 4.93. The van der Waals surface area contributed by atoms with E-state index in [4.69, 9.17) is 9.47 Å². The number of hydrogen-bond donors (Lipinski definition) is 0. The van der Waals surface area contributed by atoms with Gasteiger partial charge in [-0.05, 0) is 102 Å². The van der Waals surface area contributed by atoms with E-state index in [1.165, 1.54) is 167 Å². The molecule has 0 aromatic rings. The minimum atomic E-state index is 0.321. The van der Waals surface area contributed by atoms with Crippen molar-refractivity contribution in [1.29, 1.82) is 0 Å². The molecule has 1 aliphatic carbocycles. The minimum absolute atomic E-state index is 0.321. The van der Waals surface area contributed by atoms with E-state index >= 15 is 0 Å². The fraction of sp³-hybridized carbons (Fsp3) is 0.818. The van der Waals surface area contributed by atoms with Crippen LogP contribution < -0.4 is 0 Å². The predicted octanol–water partition coefficient (Wildman–Crippen LogP) is 14.6. The van der Waals surface area contributed by atoms with Gasteiger partial charge in [0.15, 0.2) is 0 Å². The van der Waals surface area contributed by atoms with Crippen molar-refractivity contribution in [1.82, 2.24) is 0 Å². The molecule has 0 bridgehead atoms. The summed E-state index contributed by atoms with van der Waals surface area (Å²) in [6.07, 6.45) is 55.5.